The van der Waals surface area contributed by atoms with Gasteiger partial charge in [0.15, 0.2) is 5.11 Å². The Bertz CT molecular complexity index is 963. The van der Waals surface area contributed by atoms with E-state index in [2.05, 4.69) is 42.5 Å². The molecule has 0 aromatic heterocycles. The lowest BCUT2D eigenvalue weighted by molar-refractivity contribution is 0.0979. The molecule has 0 fully saturated rings. The fourth-order valence-corrected chi connectivity index (χ4v) is 3.79. The number of thiocarbonyl (C=S) groups is 1. The highest BCUT2D eigenvalue weighted by molar-refractivity contribution is 9.11. The molecule has 3 aromatic carbocycles. The van der Waals surface area contributed by atoms with Gasteiger partial charge in [-0.3, -0.25) is 10.1 Å². The molecular formula is C18H12Br2N2O2S. The van der Waals surface area contributed by atoms with Crippen LogP contribution in [0.4, 0.5) is 5.69 Å². The van der Waals surface area contributed by atoms with Crippen molar-refractivity contribution in [2.75, 3.05) is 5.32 Å². The van der Waals surface area contributed by atoms with Crippen LogP contribution in [0.2, 0.25) is 0 Å². The molecule has 0 saturated heterocycles. The number of anilines is 1. The van der Waals surface area contributed by atoms with Crippen molar-refractivity contribution < 1.29 is 9.90 Å². The Kier molecular flexibility index (Phi) is 5.36. The SMILES string of the molecule is O=C(NC(=S)Nc1cc(Br)c(O)c(Br)c1)c1cccc2ccccc12. The molecule has 126 valence electrons. The Morgan fingerprint density at radius 2 is 1.64 bits per heavy atom. The highest BCUT2D eigenvalue weighted by Crippen LogP contribution is 2.35. The molecule has 0 radical (unpaired) electrons. The van der Waals surface area contributed by atoms with Crippen LogP contribution in [0, 0.1) is 0 Å². The molecule has 0 heterocycles. The van der Waals surface area contributed by atoms with Gasteiger partial charge in [-0.25, -0.2) is 0 Å². The lowest BCUT2D eigenvalue weighted by atomic mass is 10.0. The number of benzene rings is 3. The van der Waals surface area contributed by atoms with Crippen LogP contribution >= 0.6 is 44.1 Å². The van der Waals surface area contributed by atoms with Crippen LogP contribution in [0.5, 0.6) is 5.75 Å². The van der Waals surface area contributed by atoms with E-state index in [-0.39, 0.29) is 16.8 Å². The van der Waals surface area contributed by atoms with Gasteiger partial charge in [-0.2, -0.15) is 0 Å². The van der Waals surface area contributed by atoms with Gasteiger partial charge in [0.2, 0.25) is 0 Å². The Balaban J connectivity index is 1.78. The Morgan fingerprint density at radius 1 is 1.00 bits per heavy atom. The van der Waals surface area contributed by atoms with E-state index in [4.69, 9.17) is 12.2 Å². The maximum Gasteiger partial charge on any atom is 0.258 e. The standard InChI is InChI=1S/C18H12Br2N2O2S/c19-14-8-11(9-15(20)16(14)23)21-18(25)22-17(24)13-7-3-5-10-4-1-2-6-12(10)13/h1-9,23H,(H2,21,22,24,25). The van der Waals surface area contributed by atoms with Crippen LogP contribution < -0.4 is 10.6 Å². The molecule has 0 saturated carbocycles. The smallest absolute Gasteiger partial charge is 0.258 e. The number of phenolic OH excluding ortho intramolecular Hbond substituents is 1. The molecule has 0 atom stereocenters. The number of carbonyl (C=O) groups is 1. The summed E-state index contributed by atoms with van der Waals surface area (Å²) in [6, 6.07) is 16.5. The highest BCUT2D eigenvalue weighted by atomic mass is 79.9. The van der Waals surface area contributed by atoms with Crippen molar-refractivity contribution in [3.05, 3.63) is 69.1 Å². The summed E-state index contributed by atoms with van der Waals surface area (Å²) in [7, 11) is 0. The van der Waals surface area contributed by atoms with Crippen LogP contribution in [-0.4, -0.2) is 16.1 Å². The van der Waals surface area contributed by atoms with Gasteiger partial charge in [-0.1, -0.05) is 36.4 Å². The number of fused-ring (bicyclic) bond motifs is 1. The largest absolute Gasteiger partial charge is 0.506 e. The first kappa shape index (κ1) is 17.8. The molecule has 4 nitrogen and oxygen atoms in total. The zero-order valence-electron chi connectivity index (χ0n) is 12.7. The summed E-state index contributed by atoms with van der Waals surface area (Å²) in [6.45, 7) is 0. The number of rotatable bonds is 2. The van der Waals surface area contributed by atoms with E-state index in [0.717, 1.165) is 10.8 Å². The molecular weight excluding hydrogens is 468 g/mol. The molecule has 7 heteroatoms. The molecule has 3 N–H and O–H groups in total. The predicted octanol–water partition coefficient (Wildman–Crippen LogP) is 5.20. The topological polar surface area (TPSA) is 61.4 Å². The number of halogens is 2. The second kappa shape index (κ2) is 7.51. The molecule has 3 rings (SSSR count). The minimum atomic E-state index is -0.286. The van der Waals surface area contributed by atoms with E-state index in [9.17, 15) is 9.90 Å². The van der Waals surface area contributed by atoms with Gasteiger partial charge in [0, 0.05) is 11.3 Å². The first-order chi connectivity index (χ1) is 12.0. The summed E-state index contributed by atoms with van der Waals surface area (Å²) in [4.78, 5) is 12.6. The summed E-state index contributed by atoms with van der Waals surface area (Å²) in [6.07, 6.45) is 0. The lowest BCUT2D eigenvalue weighted by Gasteiger charge is -2.12. The fraction of sp³-hybridized carbons (Fsp3) is 0. The van der Waals surface area contributed by atoms with E-state index in [1.807, 2.05) is 36.4 Å². The van der Waals surface area contributed by atoms with Crippen molar-refractivity contribution in [2.45, 2.75) is 0 Å². The summed E-state index contributed by atoms with van der Waals surface area (Å²) in [5.74, 6) is -0.192. The second-order valence-electron chi connectivity index (χ2n) is 5.22. The van der Waals surface area contributed by atoms with E-state index in [0.29, 0.717) is 20.2 Å². The minimum Gasteiger partial charge on any atom is -0.506 e. The quantitative estimate of drug-likeness (QED) is 0.349. The summed E-state index contributed by atoms with van der Waals surface area (Å²) in [5, 5.41) is 17.4. The molecule has 1 amide bonds. The van der Waals surface area contributed by atoms with E-state index in [1.54, 1.807) is 18.2 Å². The van der Waals surface area contributed by atoms with Crippen molar-refractivity contribution >= 4 is 71.6 Å². The van der Waals surface area contributed by atoms with Gasteiger partial charge >= 0.3 is 0 Å². The number of aromatic hydroxyl groups is 1. The molecule has 25 heavy (non-hydrogen) atoms. The number of nitrogens with one attached hydrogen (secondary N) is 2. The highest BCUT2D eigenvalue weighted by Gasteiger charge is 2.12. The minimum absolute atomic E-state index is 0.0938. The average Bonchev–Trinajstić information content (AvgIpc) is 2.59. The normalized spacial score (nSPS) is 10.5. The molecule has 0 aliphatic heterocycles. The van der Waals surface area contributed by atoms with Gasteiger partial charge in [0.05, 0.1) is 8.95 Å². The molecule has 0 unspecified atom stereocenters. The summed E-state index contributed by atoms with van der Waals surface area (Å²) >= 11 is 11.7. The summed E-state index contributed by atoms with van der Waals surface area (Å²) < 4.78 is 1.01. The molecule has 3 aromatic rings. The van der Waals surface area contributed by atoms with E-state index in [1.165, 1.54) is 0 Å². The summed E-state index contributed by atoms with van der Waals surface area (Å²) in [5.41, 5.74) is 1.18. The van der Waals surface area contributed by atoms with Gasteiger partial charge in [0.1, 0.15) is 5.75 Å². The average molecular weight is 480 g/mol. The molecule has 0 bridgehead atoms. The van der Waals surface area contributed by atoms with Crippen LogP contribution in [0.25, 0.3) is 10.8 Å². The first-order valence-corrected chi connectivity index (χ1v) is 9.23. The van der Waals surface area contributed by atoms with Gasteiger partial charge in [0.25, 0.3) is 5.91 Å². The predicted molar refractivity (Wildman–Crippen MR) is 111 cm³/mol. The Morgan fingerprint density at radius 3 is 2.36 bits per heavy atom. The monoisotopic (exact) mass is 478 g/mol. The molecule has 0 aliphatic carbocycles. The third-order valence-electron chi connectivity index (χ3n) is 3.54. The van der Waals surface area contributed by atoms with Crippen LogP contribution in [0.15, 0.2) is 63.5 Å². The van der Waals surface area contributed by atoms with Crippen molar-refractivity contribution in [3.8, 4) is 5.75 Å². The Labute approximate surface area is 166 Å². The number of phenols is 1. The zero-order valence-corrected chi connectivity index (χ0v) is 16.7. The van der Waals surface area contributed by atoms with E-state index >= 15 is 0 Å². The second-order valence-corrected chi connectivity index (χ2v) is 7.34. The van der Waals surface area contributed by atoms with Crippen LogP contribution in [0.3, 0.4) is 0 Å². The van der Waals surface area contributed by atoms with Crippen molar-refractivity contribution in [1.82, 2.24) is 5.32 Å². The first-order valence-electron chi connectivity index (χ1n) is 7.24. The number of hydrogen-bond acceptors (Lipinski definition) is 3. The maximum atomic E-state index is 12.6. The van der Waals surface area contributed by atoms with Crippen LogP contribution in [0.1, 0.15) is 10.4 Å². The van der Waals surface area contributed by atoms with E-state index < -0.39 is 0 Å². The van der Waals surface area contributed by atoms with Crippen molar-refractivity contribution in [1.29, 1.82) is 0 Å². The van der Waals surface area contributed by atoms with Gasteiger partial charge in [-0.15, -0.1) is 0 Å². The van der Waals surface area contributed by atoms with Crippen molar-refractivity contribution in [2.24, 2.45) is 0 Å². The molecule has 0 aliphatic rings. The fourth-order valence-electron chi connectivity index (χ4n) is 2.39. The van der Waals surface area contributed by atoms with Gasteiger partial charge in [-0.05, 0) is 73.0 Å². The van der Waals surface area contributed by atoms with Crippen molar-refractivity contribution in [3.63, 3.8) is 0 Å². The number of hydrogen-bond donors (Lipinski definition) is 3. The third kappa shape index (κ3) is 4.00. The van der Waals surface area contributed by atoms with Gasteiger partial charge < -0.3 is 10.4 Å². The maximum absolute atomic E-state index is 12.6. The Hall–Kier alpha value is -1.96. The zero-order chi connectivity index (χ0) is 18.0. The van der Waals surface area contributed by atoms with Crippen LogP contribution in [-0.2, 0) is 0 Å². The lowest BCUT2D eigenvalue weighted by Crippen LogP contribution is -2.34. The number of amides is 1. The number of carbonyl (C=O) groups excluding carboxylic acids is 1. The third-order valence-corrected chi connectivity index (χ3v) is 4.95. The molecule has 0 spiro atoms.